The van der Waals surface area contributed by atoms with Crippen LogP contribution in [0.5, 0.6) is 5.75 Å². The van der Waals surface area contributed by atoms with E-state index >= 15 is 0 Å². The van der Waals surface area contributed by atoms with Gasteiger partial charge in [-0.25, -0.2) is 0 Å². The second-order valence-electron chi connectivity index (χ2n) is 6.11. The van der Waals surface area contributed by atoms with Crippen molar-refractivity contribution in [3.8, 4) is 16.9 Å². The maximum Gasteiger partial charge on any atom is 0.227 e. The van der Waals surface area contributed by atoms with E-state index in [0.717, 1.165) is 16.9 Å². The summed E-state index contributed by atoms with van der Waals surface area (Å²) >= 11 is 0. The molecule has 136 valence electrons. The average molecular weight is 359 g/mol. The van der Waals surface area contributed by atoms with Gasteiger partial charge in [-0.15, -0.1) is 0 Å². The molecule has 1 amide bonds. The van der Waals surface area contributed by atoms with Crippen LogP contribution in [0.1, 0.15) is 23.7 Å². The summed E-state index contributed by atoms with van der Waals surface area (Å²) in [7, 11) is 0. The molecule has 0 heterocycles. The van der Waals surface area contributed by atoms with E-state index in [1.807, 2.05) is 54.6 Å². The van der Waals surface area contributed by atoms with Gasteiger partial charge in [0.25, 0.3) is 0 Å². The third-order valence-electron chi connectivity index (χ3n) is 4.14. The van der Waals surface area contributed by atoms with Crippen LogP contribution in [-0.4, -0.2) is 18.3 Å². The highest BCUT2D eigenvalue weighted by atomic mass is 16.5. The molecular weight excluding hydrogens is 338 g/mol. The van der Waals surface area contributed by atoms with Gasteiger partial charge in [-0.2, -0.15) is 0 Å². The van der Waals surface area contributed by atoms with Crippen molar-refractivity contribution in [1.29, 1.82) is 0 Å². The molecule has 0 atom stereocenters. The maximum atomic E-state index is 12.2. The third-order valence-corrected chi connectivity index (χ3v) is 4.14. The number of para-hydroxylation sites is 2. The fourth-order valence-electron chi connectivity index (χ4n) is 2.81. The van der Waals surface area contributed by atoms with Gasteiger partial charge >= 0.3 is 0 Å². The molecule has 0 aliphatic heterocycles. The maximum absolute atomic E-state index is 12.2. The first-order valence-electron chi connectivity index (χ1n) is 8.82. The van der Waals surface area contributed by atoms with Crippen LogP contribution in [0.3, 0.4) is 0 Å². The number of ketones is 1. The van der Waals surface area contributed by atoms with Crippen LogP contribution in [0.25, 0.3) is 11.1 Å². The minimum Gasteiger partial charge on any atom is -0.492 e. The Labute approximate surface area is 158 Å². The van der Waals surface area contributed by atoms with Crippen LogP contribution in [0.4, 0.5) is 5.69 Å². The molecule has 0 radical (unpaired) electrons. The van der Waals surface area contributed by atoms with E-state index in [1.54, 1.807) is 24.3 Å². The third kappa shape index (κ3) is 4.82. The zero-order valence-corrected chi connectivity index (χ0v) is 15.1. The van der Waals surface area contributed by atoms with Gasteiger partial charge in [0.2, 0.25) is 5.91 Å². The summed E-state index contributed by atoms with van der Waals surface area (Å²) in [6, 6.07) is 24.7. The van der Waals surface area contributed by atoms with Gasteiger partial charge in [0, 0.05) is 11.1 Å². The van der Waals surface area contributed by atoms with Crippen LogP contribution in [0, 0.1) is 0 Å². The van der Waals surface area contributed by atoms with Crippen molar-refractivity contribution in [2.75, 3.05) is 11.9 Å². The van der Waals surface area contributed by atoms with Gasteiger partial charge in [-0.05, 0) is 30.7 Å². The van der Waals surface area contributed by atoms with E-state index in [-0.39, 0.29) is 24.7 Å². The summed E-state index contributed by atoms with van der Waals surface area (Å²) in [5.41, 5.74) is 3.08. The molecule has 3 rings (SSSR count). The van der Waals surface area contributed by atoms with Gasteiger partial charge in [-0.3, -0.25) is 9.59 Å². The Hall–Kier alpha value is -3.40. The van der Waals surface area contributed by atoms with E-state index in [1.165, 1.54) is 6.92 Å². The molecule has 1 N–H and O–H groups in total. The first-order chi connectivity index (χ1) is 13.1. The number of Topliss-reactive ketones (excluding diaryl/α,β-unsaturated/α-hetero) is 1. The molecule has 0 saturated carbocycles. The Balaban J connectivity index is 1.61. The molecular formula is C23H21NO3. The monoisotopic (exact) mass is 359 g/mol. The highest BCUT2D eigenvalue weighted by Gasteiger charge is 2.10. The minimum absolute atomic E-state index is 0.0843. The fourth-order valence-corrected chi connectivity index (χ4v) is 2.81. The summed E-state index contributed by atoms with van der Waals surface area (Å²) in [6.45, 7) is 1.73. The Morgan fingerprint density at radius 2 is 1.52 bits per heavy atom. The predicted octanol–water partition coefficient (Wildman–Crippen LogP) is 4.96. The molecule has 0 bridgehead atoms. The first kappa shape index (κ1) is 18.4. The minimum atomic E-state index is -0.194. The van der Waals surface area contributed by atoms with Crippen LogP contribution >= 0.6 is 0 Å². The normalized spacial score (nSPS) is 10.3. The number of nitrogens with one attached hydrogen (secondary N) is 1. The summed E-state index contributed by atoms with van der Waals surface area (Å²) in [6.07, 6.45) is 0.190. The number of anilines is 1. The molecule has 4 heteroatoms. The largest absolute Gasteiger partial charge is 0.492 e. The molecule has 3 aromatic rings. The van der Waals surface area contributed by atoms with Gasteiger partial charge < -0.3 is 10.1 Å². The van der Waals surface area contributed by atoms with Crippen molar-refractivity contribution in [3.63, 3.8) is 0 Å². The topological polar surface area (TPSA) is 55.4 Å². The van der Waals surface area contributed by atoms with Gasteiger partial charge in [0.1, 0.15) is 5.75 Å². The second-order valence-corrected chi connectivity index (χ2v) is 6.11. The molecule has 4 nitrogen and oxygen atoms in total. The number of carbonyl (C=O) groups excluding carboxylic acids is 2. The van der Waals surface area contributed by atoms with Crippen molar-refractivity contribution in [2.45, 2.75) is 13.3 Å². The Morgan fingerprint density at radius 1 is 0.852 bits per heavy atom. The lowest BCUT2D eigenvalue weighted by molar-refractivity contribution is -0.116. The van der Waals surface area contributed by atoms with Gasteiger partial charge in [-0.1, -0.05) is 60.7 Å². The highest BCUT2D eigenvalue weighted by Crippen LogP contribution is 2.29. The number of ether oxygens (including phenoxy) is 1. The summed E-state index contributed by atoms with van der Waals surface area (Å²) < 4.78 is 5.85. The molecule has 0 aliphatic rings. The van der Waals surface area contributed by atoms with Crippen molar-refractivity contribution in [3.05, 3.63) is 84.4 Å². The molecule has 0 unspecified atom stereocenters. The lowest BCUT2D eigenvalue weighted by atomic mass is 10.1. The zero-order valence-electron chi connectivity index (χ0n) is 15.1. The van der Waals surface area contributed by atoms with Crippen molar-refractivity contribution in [2.24, 2.45) is 0 Å². The number of hydrogen-bond donors (Lipinski definition) is 1. The predicted molar refractivity (Wildman–Crippen MR) is 107 cm³/mol. The Kier molecular flexibility index (Phi) is 6.00. The van der Waals surface area contributed by atoms with Crippen LogP contribution < -0.4 is 10.1 Å². The van der Waals surface area contributed by atoms with E-state index in [0.29, 0.717) is 11.3 Å². The molecule has 0 saturated heterocycles. The highest BCUT2D eigenvalue weighted by molar-refractivity contribution is 6.03. The fraction of sp³-hybridized carbons (Fsp3) is 0.130. The molecule has 27 heavy (non-hydrogen) atoms. The lowest BCUT2D eigenvalue weighted by Gasteiger charge is -2.12. The van der Waals surface area contributed by atoms with Crippen molar-refractivity contribution in [1.82, 2.24) is 0 Å². The van der Waals surface area contributed by atoms with Crippen molar-refractivity contribution >= 4 is 17.4 Å². The van der Waals surface area contributed by atoms with Crippen molar-refractivity contribution < 1.29 is 14.3 Å². The number of carbonyl (C=O) groups is 2. The van der Waals surface area contributed by atoms with E-state index in [4.69, 9.17) is 4.74 Å². The van der Waals surface area contributed by atoms with Gasteiger partial charge in [0.15, 0.2) is 5.78 Å². The standard InChI is InChI=1S/C23H21NO3/c1-17(25)19-11-5-7-13-21(19)24-23(26)15-16-27-22-14-8-6-12-20(22)18-9-3-2-4-10-18/h2-14H,15-16H2,1H3,(H,24,26). The van der Waals surface area contributed by atoms with E-state index < -0.39 is 0 Å². The SMILES string of the molecule is CC(=O)c1ccccc1NC(=O)CCOc1ccccc1-c1ccccc1. The van der Waals surface area contributed by atoms with E-state index in [9.17, 15) is 9.59 Å². The number of benzene rings is 3. The number of hydrogen-bond acceptors (Lipinski definition) is 3. The van der Waals surface area contributed by atoms with Gasteiger partial charge in [0.05, 0.1) is 18.7 Å². The van der Waals surface area contributed by atoms with E-state index in [2.05, 4.69) is 5.32 Å². The summed E-state index contributed by atoms with van der Waals surface area (Å²) in [5.74, 6) is 0.459. The van der Waals surface area contributed by atoms with Crippen LogP contribution in [0.2, 0.25) is 0 Å². The number of amides is 1. The average Bonchev–Trinajstić information content (AvgIpc) is 2.69. The smallest absolute Gasteiger partial charge is 0.227 e. The zero-order chi connectivity index (χ0) is 19.1. The molecule has 0 spiro atoms. The Bertz CT molecular complexity index is 935. The first-order valence-corrected chi connectivity index (χ1v) is 8.82. The summed E-state index contributed by atoms with van der Waals surface area (Å²) in [4.78, 5) is 23.9. The molecule has 0 aromatic heterocycles. The second kappa shape index (κ2) is 8.81. The van der Waals surface area contributed by atoms with Crippen LogP contribution in [0.15, 0.2) is 78.9 Å². The Morgan fingerprint density at radius 3 is 2.30 bits per heavy atom. The lowest BCUT2D eigenvalue weighted by Crippen LogP contribution is -2.17. The quantitative estimate of drug-likeness (QED) is 0.606. The molecule has 0 fully saturated rings. The number of rotatable bonds is 7. The molecule has 3 aromatic carbocycles. The van der Waals surface area contributed by atoms with Crippen LogP contribution in [-0.2, 0) is 4.79 Å². The molecule has 0 aliphatic carbocycles. The summed E-state index contributed by atoms with van der Waals surface area (Å²) in [5, 5.41) is 2.78.